The fourth-order valence-corrected chi connectivity index (χ4v) is 1.55. The number of carbonyl (C=O) groups excluding carboxylic acids is 1. The molecule has 0 aliphatic rings. The van der Waals surface area contributed by atoms with Gasteiger partial charge in [0, 0.05) is 25.1 Å². The number of nitro groups is 1. The molecular weight excluding hydrogens is 234 g/mol. The van der Waals surface area contributed by atoms with Gasteiger partial charge in [0.05, 0.1) is 4.92 Å². The van der Waals surface area contributed by atoms with E-state index >= 15 is 0 Å². The van der Waals surface area contributed by atoms with Gasteiger partial charge in [-0.1, -0.05) is 24.3 Å². The van der Waals surface area contributed by atoms with E-state index in [1.165, 1.54) is 0 Å². The molecule has 1 aromatic carbocycles. The number of aldehydes is 1. The second-order valence-electron chi connectivity index (χ2n) is 3.53. The van der Waals surface area contributed by atoms with Crippen molar-refractivity contribution in [3.63, 3.8) is 0 Å². The summed E-state index contributed by atoms with van der Waals surface area (Å²) in [6.45, 7) is 0.873. The average Bonchev–Trinajstić information content (AvgIpc) is 2.35. The number of carbonyl (C=O) groups is 1. The van der Waals surface area contributed by atoms with Gasteiger partial charge in [-0.2, -0.15) is 0 Å². The van der Waals surface area contributed by atoms with Crippen LogP contribution in [0.3, 0.4) is 0 Å². The first kappa shape index (κ1) is 13.9. The molecule has 0 unspecified atom stereocenters. The number of hydrogen-bond acceptors (Lipinski definition) is 5. The highest BCUT2D eigenvalue weighted by Gasteiger charge is 2.18. The quantitative estimate of drug-likeness (QED) is 0.328. The number of rotatable bonds is 7. The lowest BCUT2D eigenvalue weighted by atomic mass is 10.1. The number of anilines is 1. The number of nitrogens with two attached hydrogens (primary N) is 1. The lowest BCUT2D eigenvalue weighted by molar-refractivity contribution is -0.384. The van der Waals surface area contributed by atoms with E-state index < -0.39 is 4.92 Å². The Bertz CT molecular complexity index is 458. The van der Waals surface area contributed by atoms with Crippen molar-refractivity contribution >= 4 is 17.7 Å². The van der Waals surface area contributed by atoms with Crippen molar-refractivity contribution in [1.29, 1.82) is 0 Å². The summed E-state index contributed by atoms with van der Waals surface area (Å²) in [5.41, 5.74) is 6.05. The Balaban J connectivity index is 2.95. The Kier molecular flexibility index (Phi) is 5.53. The molecule has 96 valence electrons. The Labute approximate surface area is 105 Å². The maximum absolute atomic E-state index is 11.0. The Hall–Kier alpha value is -2.21. The topological polar surface area (TPSA) is 98.3 Å². The van der Waals surface area contributed by atoms with Crippen LogP contribution < -0.4 is 11.1 Å². The van der Waals surface area contributed by atoms with E-state index in [-0.39, 0.29) is 12.1 Å². The smallest absolute Gasteiger partial charge is 0.295 e. The fraction of sp³-hybridized carbons (Fsp3) is 0.250. The van der Waals surface area contributed by atoms with Crippen LogP contribution in [-0.4, -0.2) is 24.3 Å². The van der Waals surface area contributed by atoms with Gasteiger partial charge in [0.1, 0.15) is 12.0 Å². The molecule has 3 N–H and O–H groups in total. The van der Waals surface area contributed by atoms with E-state index in [9.17, 15) is 14.9 Å². The SMILES string of the molecule is NC/C=C/CNc1cccc(CC=O)c1[N+](=O)[O-]. The number of benzene rings is 1. The summed E-state index contributed by atoms with van der Waals surface area (Å²) >= 11 is 0. The highest BCUT2D eigenvalue weighted by molar-refractivity contribution is 5.69. The van der Waals surface area contributed by atoms with Gasteiger partial charge in [0.2, 0.25) is 0 Å². The van der Waals surface area contributed by atoms with Crippen LogP contribution in [0.25, 0.3) is 0 Å². The zero-order valence-electron chi connectivity index (χ0n) is 9.83. The summed E-state index contributed by atoms with van der Waals surface area (Å²) in [5.74, 6) is 0. The predicted octanol–water partition coefficient (Wildman–Crippen LogP) is 1.26. The van der Waals surface area contributed by atoms with Gasteiger partial charge >= 0.3 is 0 Å². The molecule has 0 heterocycles. The number of nitrogens with zero attached hydrogens (tertiary/aromatic N) is 1. The molecular formula is C12H15N3O3. The zero-order chi connectivity index (χ0) is 13.4. The highest BCUT2D eigenvalue weighted by Crippen LogP contribution is 2.28. The molecule has 0 aliphatic carbocycles. The second kappa shape index (κ2) is 7.18. The summed E-state index contributed by atoms with van der Waals surface area (Å²) in [7, 11) is 0. The second-order valence-corrected chi connectivity index (χ2v) is 3.53. The van der Waals surface area contributed by atoms with Gasteiger partial charge in [-0.05, 0) is 6.07 Å². The Morgan fingerprint density at radius 1 is 1.39 bits per heavy atom. The first-order valence-electron chi connectivity index (χ1n) is 5.49. The molecule has 0 saturated carbocycles. The van der Waals surface area contributed by atoms with Gasteiger partial charge in [-0.15, -0.1) is 0 Å². The molecule has 0 spiro atoms. The number of hydrogen-bond donors (Lipinski definition) is 2. The summed E-state index contributed by atoms with van der Waals surface area (Å²) in [5, 5.41) is 13.9. The zero-order valence-corrected chi connectivity index (χ0v) is 9.83. The Morgan fingerprint density at radius 2 is 2.17 bits per heavy atom. The molecule has 1 rings (SSSR count). The fourth-order valence-electron chi connectivity index (χ4n) is 1.55. The first-order chi connectivity index (χ1) is 8.70. The molecule has 0 bridgehead atoms. The van der Waals surface area contributed by atoms with Crippen LogP contribution in [0.2, 0.25) is 0 Å². The highest BCUT2D eigenvalue weighted by atomic mass is 16.6. The van der Waals surface area contributed by atoms with Crippen LogP contribution in [0, 0.1) is 10.1 Å². The van der Waals surface area contributed by atoms with Crippen molar-refractivity contribution in [3.05, 3.63) is 46.0 Å². The monoisotopic (exact) mass is 249 g/mol. The summed E-state index contributed by atoms with van der Waals surface area (Å²) in [6, 6.07) is 4.87. The summed E-state index contributed by atoms with van der Waals surface area (Å²) in [4.78, 5) is 21.0. The number of nitrogens with one attached hydrogen (secondary N) is 1. The number of para-hydroxylation sites is 1. The maximum atomic E-state index is 11.0. The lowest BCUT2D eigenvalue weighted by Gasteiger charge is -2.07. The van der Waals surface area contributed by atoms with Crippen molar-refractivity contribution in [2.75, 3.05) is 18.4 Å². The van der Waals surface area contributed by atoms with E-state index in [2.05, 4.69) is 5.32 Å². The molecule has 6 heteroatoms. The minimum absolute atomic E-state index is 0.0322. The maximum Gasteiger partial charge on any atom is 0.295 e. The molecule has 0 fully saturated rings. The van der Waals surface area contributed by atoms with Crippen LogP contribution in [0.4, 0.5) is 11.4 Å². The standard InChI is InChI=1S/C12H15N3O3/c13-7-1-2-8-14-11-5-3-4-10(6-9-16)12(11)15(17)18/h1-5,9,14H,6-8,13H2/b2-1+. The van der Waals surface area contributed by atoms with Gasteiger partial charge < -0.3 is 15.8 Å². The summed E-state index contributed by atoms with van der Waals surface area (Å²) < 4.78 is 0. The molecule has 1 aromatic rings. The molecule has 0 aromatic heterocycles. The van der Waals surface area contributed by atoms with Crippen molar-refractivity contribution in [1.82, 2.24) is 0 Å². The van der Waals surface area contributed by atoms with Crippen LogP contribution in [0.15, 0.2) is 30.4 Å². The molecule has 0 atom stereocenters. The largest absolute Gasteiger partial charge is 0.376 e. The third-order valence-corrected chi connectivity index (χ3v) is 2.32. The van der Waals surface area contributed by atoms with E-state index in [1.807, 2.05) is 0 Å². The third-order valence-electron chi connectivity index (χ3n) is 2.32. The van der Waals surface area contributed by atoms with E-state index in [4.69, 9.17) is 5.73 Å². The first-order valence-corrected chi connectivity index (χ1v) is 5.49. The summed E-state index contributed by atoms with van der Waals surface area (Å²) in [6.07, 6.45) is 4.23. The van der Waals surface area contributed by atoms with Gasteiger partial charge in [-0.25, -0.2) is 0 Å². The van der Waals surface area contributed by atoms with E-state index in [0.717, 1.165) is 0 Å². The van der Waals surface area contributed by atoms with Crippen molar-refractivity contribution in [2.45, 2.75) is 6.42 Å². The van der Waals surface area contributed by atoms with Gasteiger partial charge in [0.15, 0.2) is 0 Å². The van der Waals surface area contributed by atoms with E-state index in [1.54, 1.807) is 30.4 Å². The number of nitro benzene ring substituents is 1. The molecule has 0 radical (unpaired) electrons. The molecule has 18 heavy (non-hydrogen) atoms. The molecule has 0 saturated heterocycles. The Morgan fingerprint density at radius 3 is 2.78 bits per heavy atom. The molecule has 0 amide bonds. The molecule has 6 nitrogen and oxygen atoms in total. The minimum Gasteiger partial charge on any atom is -0.376 e. The minimum atomic E-state index is -0.478. The third kappa shape index (κ3) is 3.67. The van der Waals surface area contributed by atoms with Crippen molar-refractivity contribution in [3.8, 4) is 0 Å². The van der Waals surface area contributed by atoms with Gasteiger partial charge in [-0.3, -0.25) is 10.1 Å². The molecule has 0 aliphatic heterocycles. The normalized spacial score (nSPS) is 10.5. The van der Waals surface area contributed by atoms with Crippen molar-refractivity contribution < 1.29 is 9.72 Å². The predicted molar refractivity (Wildman–Crippen MR) is 69.5 cm³/mol. The van der Waals surface area contributed by atoms with Crippen LogP contribution >= 0.6 is 0 Å². The van der Waals surface area contributed by atoms with Crippen molar-refractivity contribution in [2.24, 2.45) is 5.73 Å². The average molecular weight is 249 g/mol. The van der Waals surface area contributed by atoms with Crippen LogP contribution in [0.5, 0.6) is 0 Å². The van der Waals surface area contributed by atoms with Crippen LogP contribution in [-0.2, 0) is 11.2 Å². The van der Waals surface area contributed by atoms with Crippen LogP contribution in [0.1, 0.15) is 5.56 Å². The van der Waals surface area contributed by atoms with Gasteiger partial charge in [0.25, 0.3) is 5.69 Å². The lowest BCUT2D eigenvalue weighted by Crippen LogP contribution is -2.05. The van der Waals surface area contributed by atoms with E-state index in [0.29, 0.717) is 30.6 Å².